The first kappa shape index (κ1) is 13.0. The van der Waals surface area contributed by atoms with Gasteiger partial charge in [0.15, 0.2) is 0 Å². The number of aliphatic hydroxyl groups is 1. The lowest BCUT2D eigenvalue weighted by Gasteiger charge is -2.22. The van der Waals surface area contributed by atoms with Gasteiger partial charge in [0.1, 0.15) is 11.5 Å². The summed E-state index contributed by atoms with van der Waals surface area (Å²) in [5, 5.41) is 14.4. The Morgan fingerprint density at radius 3 is 2.89 bits per heavy atom. The topological polar surface area (TPSA) is 58.0 Å². The van der Waals surface area contributed by atoms with Crippen LogP contribution in [0.3, 0.4) is 0 Å². The summed E-state index contributed by atoms with van der Waals surface area (Å²) in [6, 6.07) is 4.02. The molecule has 4 nitrogen and oxygen atoms in total. The third kappa shape index (κ3) is 3.27. The molecule has 5 heteroatoms. The Balaban J connectivity index is 2.09. The molecule has 96 valence electrons. The van der Waals surface area contributed by atoms with E-state index in [1.165, 1.54) is 0 Å². The molecule has 0 aliphatic heterocycles. The van der Waals surface area contributed by atoms with Gasteiger partial charge in [-0.3, -0.25) is 4.98 Å². The van der Waals surface area contributed by atoms with Crippen LogP contribution in [-0.4, -0.2) is 28.2 Å². The number of aromatic nitrogens is 2. The molecule has 0 fully saturated rings. The fourth-order valence-corrected chi connectivity index (χ4v) is 2.06. The predicted octanol–water partition coefficient (Wildman–Crippen LogP) is 2.64. The third-order valence-corrected chi connectivity index (χ3v) is 3.48. The Morgan fingerprint density at radius 2 is 2.22 bits per heavy atom. The molecule has 2 heterocycles. The third-order valence-electron chi connectivity index (χ3n) is 2.58. The molecule has 2 aromatic heterocycles. The van der Waals surface area contributed by atoms with Gasteiger partial charge in [-0.05, 0) is 11.4 Å². The normalized spacial score (nSPS) is 11.5. The minimum absolute atomic E-state index is 0.137. The highest BCUT2D eigenvalue weighted by Crippen LogP contribution is 2.23. The molecule has 0 atom stereocenters. The van der Waals surface area contributed by atoms with Crippen LogP contribution in [0.5, 0.6) is 0 Å². The van der Waals surface area contributed by atoms with Crippen LogP contribution in [0.2, 0.25) is 0 Å². The van der Waals surface area contributed by atoms with Gasteiger partial charge in [0.25, 0.3) is 0 Å². The summed E-state index contributed by atoms with van der Waals surface area (Å²) in [5.41, 5.74) is 0.706. The Bertz CT molecular complexity index is 497. The highest BCUT2D eigenvalue weighted by atomic mass is 32.1. The number of thiophene rings is 1. The molecule has 0 saturated heterocycles. The summed E-state index contributed by atoms with van der Waals surface area (Å²) < 4.78 is 0. The molecule has 0 aromatic carbocycles. The molecular weight excluding hydrogens is 246 g/mol. The first-order valence-corrected chi connectivity index (χ1v) is 6.69. The number of hydrogen-bond donors (Lipinski definition) is 2. The van der Waals surface area contributed by atoms with Crippen molar-refractivity contribution in [2.24, 2.45) is 5.41 Å². The van der Waals surface area contributed by atoms with E-state index in [4.69, 9.17) is 0 Å². The van der Waals surface area contributed by atoms with E-state index in [0.717, 1.165) is 16.4 Å². The van der Waals surface area contributed by atoms with E-state index >= 15 is 0 Å². The van der Waals surface area contributed by atoms with Gasteiger partial charge in [-0.2, -0.15) is 0 Å². The number of rotatable bonds is 5. The molecule has 0 bridgehead atoms. The molecule has 2 aromatic rings. The van der Waals surface area contributed by atoms with E-state index in [1.807, 2.05) is 31.4 Å². The van der Waals surface area contributed by atoms with Crippen LogP contribution in [0, 0.1) is 5.41 Å². The minimum Gasteiger partial charge on any atom is -0.396 e. The second-order valence-corrected chi connectivity index (χ2v) is 5.89. The number of anilines is 1. The zero-order valence-electron chi connectivity index (χ0n) is 10.6. The number of aliphatic hydroxyl groups excluding tert-OH is 1. The number of nitrogens with one attached hydrogen (secondary N) is 1. The van der Waals surface area contributed by atoms with Crippen LogP contribution < -0.4 is 5.32 Å². The van der Waals surface area contributed by atoms with E-state index in [0.29, 0.717) is 6.54 Å². The molecule has 0 radical (unpaired) electrons. The predicted molar refractivity (Wildman–Crippen MR) is 74.7 cm³/mol. The number of hydrogen-bond acceptors (Lipinski definition) is 5. The van der Waals surface area contributed by atoms with Crippen LogP contribution in [-0.2, 0) is 0 Å². The standard InChI is InChI=1S/C13H17N3OS/c1-13(2,9-17)8-15-12-7-14-6-10(16-12)11-4-3-5-18-11/h3-7,17H,8-9H2,1-2H3,(H,15,16). The van der Waals surface area contributed by atoms with Gasteiger partial charge in [-0.25, -0.2) is 4.98 Å². The molecule has 0 aliphatic carbocycles. The molecule has 0 saturated carbocycles. The van der Waals surface area contributed by atoms with Crippen LogP contribution in [0.1, 0.15) is 13.8 Å². The van der Waals surface area contributed by atoms with Gasteiger partial charge in [0, 0.05) is 18.6 Å². The zero-order valence-corrected chi connectivity index (χ0v) is 11.4. The van der Waals surface area contributed by atoms with Crippen molar-refractivity contribution in [3.63, 3.8) is 0 Å². The van der Waals surface area contributed by atoms with Gasteiger partial charge in [-0.1, -0.05) is 19.9 Å². The van der Waals surface area contributed by atoms with Crippen molar-refractivity contribution in [3.05, 3.63) is 29.9 Å². The van der Waals surface area contributed by atoms with Crippen LogP contribution in [0.15, 0.2) is 29.9 Å². The smallest absolute Gasteiger partial charge is 0.145 e. The Hall–Kier alpha value is -1.46. The molecule has 2 rings (SSSR count). The molecule has 18 heavy (non-hydrogen) atoms. The van der Waals surface area contributed by atoms with Crippen molar-refractivity contribution in [2.45, 2.75) is 13.8 Å². The molecule has 0 unspecified atom stereocenters. The van der Waals surface area contributed by atoms with Gasteiger partial charge >= 0.3 is 0 Å². The van der Waals surface area contributed by atoms with Crippen molar-refractivity contribution in [1.82, 2.24) is 9.97 Å². The summed E-state index contributed by atoms with van der Waals surface area (Å²) >= 11 is 1.64. The van der Waals surface area contributed by atoms with E-state index in [1.54, 1.807) is 23.7 Å². The van der Waals surface area contributed by atoms with E-state index in [9.17, 15) is 5.11 Å². The molecule has 0 aliphatic rings. The highest BCUT2D eigenvalue weighted by molar-refractivity contribution is 7.13. The van der Waals surface area contributed by atoms with Crippen molar-refractivity contribution < 1.29 is 5.11 Å². The minimum atomic E-state index is -0.166. The van der Waals surface area contributed by atoms with E-state index < -0.39 is 0 Å². The molecule has 2 N–H and O–H groups in total. The lowest BCUT2D eigenvalue weighted by molar-refractivity contribution is 0.170. The Labute approximate surface area is 111 Å². The summed E-state index contributed by atoms with van der Waals surface area (Å²) in [6.45, 7) is 4.79. The van der Waals surface area contributed by atoms with Gasteiger partial charge in [0.05, 0.1) is 17.3 Å². The fourth-order valence-electron chi connectivity index (χ4n) is 1.38. The maximum absolute atomic E-state index is 9.20. The largest absolute Gasteiger partial charge is 0.396 e. The maximum Gasteiger partial charge on any atom is 0.145 e. The monoisotopic (exact) mass is 263 g/mol. The van der Waals surface area contributed by atoms with E-state index in [2.05, 4.69) is 15.3 Å². The average molecular weight is 263 g/mol. The van der Waals surface area contributed by atoms with Gasteiger partial charge < -0.3 is 10.4 Å². The fraction of sp³-hybridized carbons (Fsp3) is 0.385. The first-order chi connectivity index (χ1) is 8.61. The second kappa shape index (κ2) is 5.46. The molecule has 0 spiro atoms. The van der Waals surface area contributed by atoms with Crippen molar-refractivity contribution in [2.75, 3.05) is 18.5 Å². The summed E-state index contributed by atoms with van der Waals surface area (Å²) in [7, 11) is 0. The molecular formula is C13H17N3OS. The summed E-state index contributed by atoms with van der Waals surface area (Å²) in [4.78, 5) is 9.80. The van der Waals surface area contributed by atoms with Crippen molar-refractivity contribution >= 4 is 17.2 Å². The lowest BCUT2D eigenvalue weighted by Crippen LogP contribution is -2.27. The second-order valence-electron chi connectivity index (χ2n) is 4.94. The average Bonchev–Trinajstić information content (AvgIpc) is 2.91. The van der Waals surface area contributed by atoms with Crippen molar-refractivity contribution in [3.8, 4) is 10.6 Å². The van der Waals surface area contributed by atoms with Gasteiger partial charge in [-0.15, -0.1) is 11.3 Å². The Kier molecular flexibility index (Phi) is 3.93. The van der Waals surface area contributed by atoms with Crippen LogP contribution >= 0.6 is 11.3 Å². The number of nitrogens with zero attached hydrogens (tertiary/aromatic N) is 2. The molecule has 0 amide bonds. The zero-order chi connectivity index (χ0) is 13.0. The highest BCUT2D eigenvalue weighted by Gasteiger charge is 2.16. The lowest BCUT2D eigenvalue weighted by atomic mass is 9.95. The first-order valence-electron chi connectivity index (χ1n) is 5.81. The SMILES string of the molecule is CC(C)(CO)CNc1cncc(-c2cccs2)n1. The van der Waals surface area contributed by atoms with Crippen molar-refractivity contribution in [1.29, 1.82) is 0 Å². The van der Waals surface area contributed by atoms with Crippen LogP contribution in [0.25, 0.3) is 10.6 Å². The quantitative estimate of drug-likeness (QED) is 0.870. The van der Waals surface area contributed by atoms with Crippen LogP contribution in [0.4, 0.5) is 5.82 Å². The van der Waals surface area contributed by atoms with E-state index in [-0.39, 0.29) is 12.0 Å². The van der Waals surface area contributed by atoms with Gasteiger partial charge in [0.2, 0.25) is 0 Å². The Morgan fingerprint density at radius 1 is 1.39 bits per heavy atom. The summed E-state index contributed by atoms with van der Waals surface area (Å²) in [6.07, 6.45) is 3.46. The maximum atomic E-state index is 9.20. The summed E-state index contributed by atoms with van der Waals surface area (Å²) in [5.74, 6) is 0.738.